The van der Waals surface area contributed by atoms with Crippen molar-refractivity contribution in [2.75, 3.05) is 13.7 Å². The third kappa shape index (κ3) is 1.52. The predicted molar refractivity (Wildman–Crippen MR) is 39.0 cm³/mol. The van der Waals surface area contributed by atoms with Crippen molar-refractivity contribution in [3.8, 4) is 0 Å². The summed E-state index contributed by atoms with van der Waals surface area (Å²) in [6, 6.07) is 0. The first kappa shape index (κ1) is 8.49. The van der Waals surface area contributed by atoms with Crippen LogP contribution in [0, 0.1) is 0 Å². The van der Waals surface area contributed by atoms with E-state index in [-0.39, 0.29) is 5.97 Å². The number of ether oxygens (including phenoxy) is 1. The number of aliphatic hydroxyl groups is 1. The molecule has 64 valence electrons. The summed E-state index contributed by atoms with van der Waals surface area (Å²) in [5, 5.41) is 12.0. The minimum absolute atomic E-state index is 0.311. The van der Waals surface area contributed by atoms with E-state index in [0.29, 0.717) is 13.0 Å². The van der Waals surface area contributed by atoms with Gasteiger partial charge >= 0.3 is 5.97 Å². The van der Waals surface area contributed by atoms with Gasteiger partial charge in [0.05, 0.1) is 13.2 Å². The lowest BCUT2D eigenvalue weighted by Crippen LogP contribution is -2.45. The van der Waals surface area contributed by atoms with Gasteiger partial charge in [0.2, 0.25) is 0 Å². The highest BCUT2D eigenvalue weighted by atomic mass is 16.5. The van der Waals surface area contributed by atoms with Gasteiger partial charge in [0.15, 0.2) is 0 Å². The molecule has 0 radical (unpaired) electrons. The summed E-state index contributed by atoms with van der Waals surface area (Å²) in [6.07, 6.45) is -0.00116. The summed E-state index contributed by atoms with van der Waals surface area (Å²) in [5.41, 5.74) is -0.686. The van der Waals surface area contributed by atoms with Gasteiger partial charge in [0, 0.05) is 13.0 Å². The maximum Gasteiger partial charge on any atom is 0.325 e. The summed E-state index contributed by atoms with van der Waals surface area (Å²) >= 11 is 0. The van der Waals surface area contributed by atoms with Crippen molar-refractivity contribution in [3.05, 3.63) is 0 Å². The monoisotopic (exact) mass is 159 g/mol. The molecule has 0 aromatic rings. The molecule has 1 heterocycles. The Morgan fingerprint density at radius 2 is 2.45 bits per heavy atom. The van der Waals surface area contributed by atoms with E-state index in [1.807, 2.05) is 0 Å². The highest BCUT2D eigenvalue weighted by molar-refractivity contribution is 5.80. The minimum Gasteiger partial charge on any atom is -0.468 e. The molecular weight excluding hydrogens is 146 g/mol. The van der Waals surface area contributed by atoms with Crippen molar-refractivity contribution in [3.63, 3.8) is 0 Å². The molecule has 1 unspecified atom stereocenters. The van der Waals surface area contributed by atoms with Crippen LogP contribution in [0.25, 0.3) is 0 Å². The average Bonchev–Trinajstić information content (AvgIpc) is 2.31. The molecule has 1 fully saturated rings. The average molecular weight is 159 g/mol. The SMILES string of the molecule is COC(=O)[C@@]1(C)CC(O)CN1. The Kier molecular flexibility index (Phi) is 2.15. The summed E-state index contributed by atoms with van der Waals surface area (Å²) in [5.74, 6) is -0.311. The van der Waals surface area contributed by atoms with Gasteiger partial charge in [-0.15, -0.1) is 0 Å². The second kappa shape index (κ2) is 2.79. The van der Waals surface area contributed by atoms with E-state index >= 15 is 0 Å². The zero-order chi connectivity index (χ0) is 8.48. The van der Waals surface area contributed by atoms with Crippen LogP contribution in [0.1, 0.15) is 13.3 Å². The maximum absolute atomic E-state index is 11.1. The van der Waals surface area contributed by atoms with Gasteiger partial charge in [-0.1, -0.05) is 0 Å². The number of hydrogen-bond donors (Lipinski definition) is 2. The predicted octanol–water partition coefficient (Wildman–Crippen LogP) is -0.728. The van der Waals surface area contributed by atoms with Crippen LogP contribution in [0.4, 0.5) is 0 Å². The van der Waals surface area contributed by atoms with Crippen LogP contribution in [0.15, 0.2) is 0 Å². The molecule has 0 spiro atoms. The third-order valence-electron chi connectivity index (χ3n) is 2.01. The molecule has 0 bridgehead atoms. The molecule has 0 amide bonds. The number of carbonyl (C=O) groups is 1. The molecule has 1 saturated heterocycles. The standard InChI is InChI=1S/C7H13NO3/c1-7(6(10)11-2)3-5(9)4-8-7/h5,8-9H,3-4H2,1-2H3/t5?,7-/m1/s1. The second-order valence-corrected chi connectivity index (χ2v) is 3.06. The van der Waals surface area contributed by atoms with E-state index in [0.717, 1.165) is 0 Å². The van der Waals surface area contributed by atoms with Gasteiger partial charge in [0.25, 0.3) is 0 Å². The number of methoxy groups -OCH3 is 1. The molecule has 0 aromatic carbocycles. The smallest absolute Gasteiger partial charge is 0.325 e. The van der Waals surface area contributed by atoms with Crippen LogP contribution < -0.4 is 5.32 Å². The fourth-order valence-corrected chi connectivity index (χ4v) is 1.34. The first-order chi connectivity index (χ1) is 5.08. The van der Waals surface area contributed by atoms with Crippen molar-refractivity contribution in [1.29, 1.82) is 0 Å². The number of carbonyl (C=O) groups excluding carboxylic acids is 1. The van der Waals surface area contributed by atoms with Gasteiger partial charge < -0.3 is 9.84 Å². The van der Waals surface area contributed by atoms with Crippen molar-refractivity contribution in [1.82, 2.24) is 5.32 Å². The number of aliphatic hydroxyl groups excluding tert-OH is 1. The first-order valence-electron chi connectivity index (χ1n) is 3.60. The van der Waals surface area contributed by atoms with E-state index in [1.165, 1.54) is 7.11 Å². The summed E-state index contributed by atoms with van der Waals surface area (Å²) in [4.78, 5) is 11.1. The van der Waals surface area contributed by atoms with Crippen LogP contribution in [-0.2, 0) is 9.53 Å². The molecule has 1 aliphatic rings. The number of hydrogen-bond acceptors (Lipinski definition) is 4. The van der Waals surface area contributed by atoms with Crippen LogP contribution in [0.5, 0.6) is 0 Å². The lowest BCUT2D eigenvalue weighted by Gasteiger charge is -2.19. The van der Waals surface area contributed by atoms with Crippen molar-refractivity contribution < 1.29 is 14.6 Å². The van der Waals surface area contributed by atoms with Crippen molar-refractivity contribution in [2.24, 2.45) is 0 Å². The Hall–Kier alpha value is -0.610. The van der Waals surface area contributed by atoms with Gasteiger partial charge in [-0.05, 0) is 6.92 Å². The largest absolute Gasteiger partial charge is 0.468 e. The van der Waals surface area contributed by atoms with Crippen LogP contribution in [-0.4, -0.2) is 36.4 Å². The Morgan fingerprint density at radius 1 is 1.82 bits per heavy atom. The van der Waals surface area contributed by atoms with E-state index in [1.54, 1.807) is 6.92 Å². The minimum atomic E-state index is -0.686. The lowest BCUT2D eigenvalue weighted by atomic mass is 10.00. The molecule has 1 rings (SSSR count). The van der Waals surface area contributed by atoms with Crippen LogP contribution in [0.3, 0.4) is 0 Å². The highest BCUT2D eigenvalue weighted by Crippen LogP contribution is 2.19. The van der Waals surface area contributed by atoms with E-state index in [2.05, 4.69) is 10.1 Å². The Labute approximate surface area is 65.5 Å². The number of esters is 1. The molecule has 0 aliphatic carbocycles. The Balaban J connectivity index is 2.61. The van der Waals surface area contributed by atoms with Crippen molar-refractivity contribution in [2.45, 2.75) is 25.0 Å². The highest BCUT2D eigenvalue weighted by Gasteiger charge is 2.41. The van der Waals surface area contributed by atoms with E-state index < -0.39 is 11.6 Å². The molecule has 0 saturated carbocycles. The second-order valence-electron chi connectivity index (χ2n) is 3.06. The summed E-state index contributed by atoms with van der Waals surface area (Å²) in [6.45, 7) is 2.20. The lowest BCUT2D eigenvalue weighted by molar-refractivity contribution is -0.147. The van der Waals surface area contributed by atoms with Crippen LogP contribution in [0.2, 0.25) is 0 Å². The third-order valence-corrected chi connectivity index (χ3v) is 2.01. The Morgan fingerprint density at radius 3 is 2.82 bits per heavy atom. The molecule has 2 N–H and O–H groups in total. The van der Waals surface area contributed by atoms with E-state index in [4.69, 9.17) is 5.11 Å². The topological polar surface area (TPSA) is 58.6 Å². The number of nitrogens with one attached hydrogen (secondary N) is 1. The summed E-state index contributed by atoms with van der Waals surface area (Å²) < 4.78 is 4.57. The van der Waals surface area contributed by atoms with Gasteiger partial charge in [0.1, 0.15) is 5.54 Å². The molecule has 11 heavy (non-hydrogen) atoms. The molecule has 4 heteroatoms. The number of β-amino-alcohol motifs (C(OH)–C–C–N with tert-alkyl or cyclic N) is 1. The van der Waals surface area contributed by atoms with Gasteiger partial charge in [-0.25, -0.2) is 0 Å². The maximum atomic E-state index is 11.1. The summed E-state index contributed by atoms with van der Waals surface area (Å²) in [7, 11) is 1.35. The zero-order valence-corrected chi connectivity index (χ0v) is 6.76. The molecule has 1 aliphatic heterocycles. The molecule has 0 aromatic heterocycles. The molecule has 4 nitrogen and oxygen atoms in total. The van der Waals surface area contributed by atoms with Crippen molar-refractivity contribution >= 4 is 5.97 Å². The van der Waals surface area contributed by atoms with Gasteiger partial charge in [-0.2, -0.15) is 0 Å². The molecule has 2 atom stereocenters. The number of rotatable bonds is 1. The fourth-order valence-electron chi connectivity index (χ4n) is 1.34. The van der Waals surface area contributed by atoms with E-state index in [9.17, 15) is 4.79 Å². The van der Waals surface area contributed by atoms with Crippen LogP contribution >= 0.6 is 0 Å². The molecular formula is C7H13NO3. The van der Waals surface area contributed by atoms with Gasteiger partial charge in [-0.3, -0.25) is 10.1 Å². The first-order valence-corrected chi connectivity index (χ1v) is 3.60. The Bertz CT molecular complexity index is 171. The fraction of sp³-hybridized carbons (Fsp3) is 0.857. The quantitative estimate of drug-likeness (QED) is 0.495. The zero-order valence-electron chi connectivity index (χ0n) is 6.76. The normalized spacial score (nSPS) is 37.2.